The number of nitrogens with two attached hydrogens (primary N) is 1. The summed E-state index contributed by atoms with van der Waals surface area (Å²) in [5.74, 6) is 6.89. The van der Waals surface area contributed by atoms with Gasteiger partial charge in [-0.25, -0.2) is 23.7 Å². The Morgan fingerprint density at radius 3 is 2.54 bits per heavy atom. The fourth-order valence-electron chi connectivity index (χ4n) is 4.17. The highest BCUT2D eigenvalue weighted by atomic mass is 19.3. The van der Waals surface area contributed by atoms with Gasteiger partial charge in [-0.1, -0.05) is 24.8 Å². The van der Waals surface area contributed by atoms with Crippen LogP contribution in [0.15, 0.2) is 42.9 Å². The lowest BCUT2D eigenvalue weighted by Gasteiger charge is -2.34. The molecule has 37 heavy (non-hydrogen) atoms. The van der Waals surface area contributed by atoms with Gasteiger partial charge in [-0.05, 0) is 30.7 Å². The van der Waals surface area contributed by atoms with Crippen molar-refractivity contribution in [2.24, 2.45) is 0 Å². The summed E-state index contributed by atoms with van der Waals surface area (Å²) in [6.07, 6.45) is 1.37. The van der Waals surface area contributed by atoms with Gasteiger partial charge >= 0.3 is 0 Å². The van der Waals surface area contributed by atoms with E-state index >= 15 is 0 Å². The number of aryl methyl sites for hydroxylation is 1. The Labute approximate surface area is 214 Å². The Morgan fingerprint density at radius 2 is 1.89 bits per heavy atom. The molecule has 1 aromatic carbocycles. The molecule has 1 saturated heterocycles. The Hall–Kier alpha value is -4.10. The van der Waals surface area contributed by atoms with Gasteiger partial charge < -0.3 is 15.4 Å². The van der Waals surface area contributed by atoms with E-state index in [-0.39, 0.29) is 12.5 Å². The first-order valence-corrected chi connectivity index (χ1v) is 11.9. The maximum atomic E-state index is 13.2. The number of rotatable bonds is 6. The first kappa shape index (κ1) is 26.0. The molecular weight excluding hydrogens is 478 g/mol. The van der Waals surface area contributed by atoms with Crippen molar-refractivity contribution < 1.29 is 18.3 Å². The number of nitrogen functional groups attached to an aromatic ring is 1. The van der Waals surface area contributed by atoms with E-state index in [1.54, 1.807) is 46.3 Å². The number of ether oxygens (including phenoxy) is 1. The van der Waals surface area contributed by atoms with Gasteiger partial charge in [0.25, 0.3) is 12.3 Å². The molecule has 1 aliphatic heterocycles. The van der Waals surface area contributed by atoms with E-state index in [1.165, 1.54) is 13.4 Å². The average Bonchev–Trinajstić information content (AvgIpc) is 2.92. The molecule has 2 N–H and O–H groups in total. The minimum Gasteiger partial charge on any atom is -0.496 e. The summed E-state index contributed by atoms with van der Waals surface area (Å²) >= 11 is 0. The van der Waals surface area contributed by atoms with Crippen LogP contribution in [-0.4, -0.2) is 76.9 Å². The van der Waals surface area contributed by atoms with Crippen LogP contribution in [0.3, 0.4) is 0 Å². The molecule has 8 nitrogen and oxygen atoms in total. The Balaban J connectivity index is 1.62. The molecule has 0 atom stereocenters. The van der Waals surface area contributed by atoms with Crippen molar-refractivity contribution in [3.8, 4) is 28.8 Å². The van der Waals surface area contributed by atoms with E-state index < -0.39 is 6.43 Å². The van der Waals surface area contributed by atoms with E-state index in [2.05, 4.69) is 26.8 Å². The molecule has 0 aliphatic carbocycles. The summed E-state index contributed by atoms with van der Waals surface area (Å²) < 4.78 is 30.9. The van der Waals surface area contributed by atoms with Gasteiger partial charge in [0.1, 0.15) is 17.9 Å². The average molecular weight is 507 g/mol. The third-order valence-corrected chi connectivity index (χ3v) is 6.14. The van der Waals surface area contributed by atoms with E-state index in [0.29, 0.717) is 66.6 Å². The van der Waals surface area contributed by atoms with Gasteiger partial charge in [-0.15, -0.1) is 0 Å². The van der Waals surface area contributed by atoms with Crippen LogP contribution in [0.25, 0.3) is 11.3 Å². The zero-order chi connectivity index (χ0) is 26.4. The van der Waals surface area contributed by atoms with Gasteiger partial charge in [0.2, 0.25) is 0 Å². The summed E-state index contributed by atoms with van der Waals surface area (Å²) in [4.78, 5) is 29.5. The van der Waals surface area contributed by atoms with Crippen LogP contribution in [0, 0.1) is 11.8 Å². The van der Waals surface area contributed by atoms with Crippen molar-refractivity contribution >= 4 is 11.7 Å². The second-order valence-electron chi connectivity index (χ2n) is 8.52. The molecule has 1 amide bonds. The number of benzene rings is 1. The van der Waals surface area contributed by atoms with Gasteiger partial charge in [-0.2, -0.15) is 0 Å². The topological polar surface area (TPSA) is 97.5 Å². The first-order valence-electron chi connectivity index (χ1n) is 11.9. The predicted octanol–water partition coefficient (Wildman–Crippen LogP) is 3.11. The van der Waals surface area contributed by atoms with E-state index in [0.717, 1.165) is 11.3 Å². The normalized spacial score (nSPS) is 13.8. The van der Waals surface area contributed by atoms with Crippen LogP contribution in [0.2, 0.25) is 0 Å². The smallest absolute Gasteiger partial charge is 0.257 e. The summed E-state index contributed by atoms with van der Waals surface area (Å²) in [6, 6.07) is 8.75. The Kier molecular flexibility index (Phi) is 8.25. The summed E-state index contributed by atoms with van der Waals surface area (Å²) in [5, 5.41) is 0. The summed E-state index contributed by atoms with van der Waals surface area (Å²) in [6.45, 7) is 3.28. The van der Waals surface area contributed by atoms with Crippen LogP contribution in [0.4, 0.5) is 14.6 Å². The molecule has 0 spiro atoms. The minimum atomic E-state index is -2.39. The molecule has 192 valence electrons. The molecule has 0 radical (unpaired) electrons. The second-order valence-corrected chi connectivity index (χ2v) is 8.52. The largest absolute Gasteiger partial charge is 0.496 e. The number of halogens is 2. The molecule has 4 rings (SSSR count). The van der Waals surface area contributed by atoms with Crippen LogP contribution < -0.4 is 10.5 Å². The highest BCUT2D eigenvalue weighted by molar-refractivity contribution is 5.97. The number of hydrogen-bond acceptors (Lipinski definition) is 7. The third-order valence-electron chi connectivity index (χ3n) is 6.14. The van der Waals surface area contributed by atoms with Gasteiger partial charge in [0, 0.05) is 43.5 Å². The number of hydrogen-bond donors (Lipinski definition) is 1. The van der Waals surface area contributed by atoms with Gasteiger partial charge in [-0.3, -0.25) is 9.69 Å². The zero-order valence-electron chi connectivity index (χ0n) is 20.7. The number of anilines is 1. The summed E-state index contributed by atoms with van der Waals surface area (Å²) in [5.41, 5.74) is 9.60. The molecule has 3 aromatic rings. The predicted molar refractivity (Wildman–Crippen MR) is 136 cm³/mol. The fourth-order valence-corrected chi connectivity index (χ4v) is 4.17. The SMILES string of the molecule is CCc1ncnc(-c2ccc(C(=O)N3CCN(CC(F)F)CC3)c(OC)c2)c1C#Cc1ccc(N)nc1. The number of methoxy groups -OCH3 is 1. The standard InChI is InChI=1S/C27H28F2N6O2/c1-3-22-20(7-4-18-5-9-25(30)31-15-18)26(33-17-32-22)19-6-8-21(23(14-19)37-2)27(36)35-12-10-34(11-13-35)16-24(28)29/h5-6,8-9,14-15,17,24H,3,10-13,16H2,1-2H3,(H2,30,31). The molecule has 0 bridgehead atoms. The van der Waals surface area contributed by atoms with Crippen LogP contribution in [0.5, 0.6) is 5.75 Å². The lowest BCUT2D eigenvalue weighted by atomic mass is 10.0. The lowest BCUT2D eigenvalue weighted by Crippen LogP contribution is -2.49. The number of carbonyl (C=O) groups is 1. The van der Waals surface area contributed by atoms with E-state index in [9.17, 15) is 13.6 Å². The first-order chi connectivity index (χ1) is 17.9. The summed E-state index contributed by atoms with van der Waals surface area (Å²) in [7, 11) is 1.50. The van der Waals surface area contributed by atoms with Crippen LogP contribution in [0.1, 0.15) is 34.1 Å². The molecule has 0 saturated carbocycles. The molecular formula is C27H28F2N6O2. The number of carbonyl (C=O) groups excluding carboxylic acids is 1. The van der Waals surface area contributed by atoms with E-state index in [1.807, 2.05) is 6.92 Å². The molecule has 0 unspecified atom stereocenters. The van der Waals surface area contributed by atoms with Crippen molar-refractivity contribution in [2.45, 2.75) is 19.8 Å². The molecule has 3 heterocycles. The Morgan fingerprint density at radius 1 is 1.11 bits per heavy atom. The quantitative estimate of drug-likeness (QED) is 0.513. The highest BCUT2D eigenvalue weighted by Crippen LogP contribution is 2.30. The molecule has 2 aromatic heterocycles. The number of pyridine rings is 1. The molecule has 1 fully saturated rings. The second kappa shape index (κ2) is 11.8. The van der Waals surface area contributed by atoms with Crippen LogP contribution >= 0.6 is 0 Å². The van der Waals surface area contributed by atoms with Crippen LogP contribution in [-0.2, 0) is 6.42 Å². The van der Waals surface area contributed by atoms with Crippen molar-refractivity contribution in [1.29, 1.82) is 0 Å². The Bertz CT molecular complexity index is 1310. The van der Waals surface area contributed by atoms with E-state index in [4.69, 9.17) is 10.5 Å². The van der Waals surface area contributed by atoms with Crippen molar-refractivity contribution in [3.63, 3.8) is 0 Å². The number of aromatic nitrogens is 3. The fraction of sp³-hybridized carbons (Fsp3) is 0.333. The number of piperazine rings is 1. The molecule has 1 aliphatic rings. The number of alkyl halides is 2. The number of amides is 1. The maximum Gasteiger partial charge on any atom is 0.257 e. The highest BCUT2D eigenvalue weighted by Gasteiger charge is 2.26. The lowest BCUT2D eigenvalue weighted by molar-refractivity contribution is 0.0457. The molecule has 10 heteroatoms. The minimum absolute atomic E-state index is 0.201. The maximum absolute atomic E-state index is 13.2. The van der Waals surface area contributed by atoms with Crippen molar-refractivity contribution in [3.05, 3.63) is 65.2 Å². The van der Waals surface area contributed by atoms with Gasteiger partial charge in [0.15, 0.2) is 0 Å². The monoisotopic (exact) mass is 506 g/mol. The third kappa shape index (κ3) is 6.19. The van der Waals surface area contributed by atoms with Crippen molar-refractivity contribution in [1.82, 2.24) is 24.8 Å². The number of nitrogens with zero attached hydrogens (tertiary/aromatic N) is 5. The van der Waals surface area contributed by atoms with Gasteiger partial charge in [0.05, 0.1) is 36.2 Å². The van der Waals surface area contributed by atoms with Crippen molar-refractivity contribution in [2.75, 3.05) is 45.6 Å². The zero-order valence-corrected chi connectivity index (χ0v) is 20.7.